The third-order valence-electron chi connectivity index (χ3n) is 3.06. The van der Waals surface area contributed by atoms with Gasteiger partial charge < -0.3 is 9.84 Å². The van der Waals surface area contributed by atoms with Crippen LogP contribution in [0, 0.1) is 6.92 Å². The molecule has 0 radical (unpaired) electrons. The van der Waals surface area contributed by atoms with Crippen LogP contribution in [0.1, 0.15) is 32.5 Å². The van der Waals surface area contributed by atoms with E-state index in [-0.39, 0.29) is 5.03 Å². The van der Waals surface area contributed by atoms with E-state index in [4.69, 9.17) is 4.52 Å². The van der Waals surface area contributed by atoms with E-state index < -0.39 is 14.6 Å². The minimum Gasteiger partial charge on any atom is -0.383 e. The number of anilines is 1. The van der Waals surface area contributed by atoms with Gasteiger partial charge in [0.2, 0.25) is 5.89 Å². The molecule has 22 heavy (non-hydrogen) atoms. The van der Waals surface area contributed by atoms with Gasteiger partial charge in [-0.2, -0.15) is 4.98 Å². The lowest BCUT2D eigenvalue weighted by molar-refractivity contribution is 0.377. The average Bonchev–Trinajstić information content (AvgIpc) is 2.84. The van der Waals surface area contributed by atoms with Crippen LogP contribution in [-0.2, 0) is 16.3 Å². The fourth-order valence-electron chi connectivity index (χ4n) is 1.71. The Bertz CT molecular complexity index is 730. The second kappa shape index (κ2) is 6.04. The highest BCUT2D eigenvalue weighted by Gasteiger charge is 2.31. The van der Waals surface area contributed by atoms with E-state index in [1.54, 1.807) is 33.8 Å². The van der Waals surface area contributed by atoms with Crippen molar-refractivity contribution in [3.8, 4) is 0 Å². The molecule has 0 spiro atoms. The number of nitrogens with one attached hydrogen (secondary N) is 1. The van der Waals surface area contributed by atoms with Crippen LogP contribution in [0.5, 0.6) is 0 Å². The molecular weight excluding hydrogens is 304 g/mol. The number of hydrogen-bond acceptors (Lipinski definition) is 7. The summed E-state index contributed by atoms with van der Waals surface area (Å²) in [5, 5.41) is 6.93. The summed E-state index contributed by atoms with van der Waals surface area (Å²) in [6.07, 6.45) is 2.10. The van der Waals surface area contributed by atoms with Crippen LogP contribution in [0.2, 0.25) is 0 Å². The van der Waals surface area contributed by atoms with Gasteiger partial charge in [0, 0.05) is 13.0 Å². The van der Waals surface area contributed by atoms with Gasteiger partial charge in [0.25, 0.3) is 0 Å². The summed E-state index contributed by atoms with van der Waals surface area (Å²) in [4.78, 5) is 8.15. The van der Waals surface area contributed by atoms with Gasteiger partial charge in [0.1, 0.15) is 0 Å². The molecule has 0 aliphatic rings. The van der Waals surface area contributed by atoms with E-state index in [0.29, 0.717) is 24.7 Å². The molecule has 0 saturated carbocycles. The van der Waals surface area contributed by atoms with Crippen LogP contribution in [0.4, 0.5) is 5.69 Å². The summed E-state index contributed by atoms with van der Waals surface area (Å²) in [6.45, 7) is 7.32. The summed E-state index contributed by atoms with van der Waals surface area (Å²) >= 11 is 0. The molecule has 0 bridgehead atoms. The van der Waals surface area contributed by atoms with Crippen molar-refractivity contribution < 1.29 is 12.9 Å². The second-order valence-electron chi connectivity index (χ2n) is 5.91. The normalized spacial score (nSPS) is 12.4. The Morgan fingerprint density at radius 3 is 2.50 bits per heavy atom. The Labute approximate surface area is 130 Å². The van der Waals surface area contributed by atoms with Gasteiger partial charge in [0.05, 0.1) is 16.6 Å². The minimum absolute atomic E-state index is 0.0816. The third-order valence-corrected chi connectivity index (χ3v) is 5.46. The van der Waals surface area contributed by atoms with E-state index >= 15 is 0 Å². The Balaban J connectivity index is 1.98. The van der Waals surface area contributed by atoms with E-state index in [1.807, 2.05) is 0 Å². The quantitative estimate of drug-likeness (QED) is 0.898. The molecule has 0 atom stereocenters. The fourth-order valence-corrected chi connectivity index (χ4v) is 2.78. The highest BCUT2D eigenvalue weighted by Crippen LogP contribution is 2.23. The molecule has 0 unspecified atom stereocenters. The summed E-state index contributed by atoms with van der Waals surface area (Å²) < 4.78 is 28.6. The average molecular weight is 324 g/mol. The summed E-state index contributed by atoms with van der Waals surface area (Å²) in [6, 6.07) is 3.21. The molecule has 2 aromatic rings. The summed E-state index contributed by atoms with van der Waals surface area (Å²) in [7, 11) is -3.43. The lowest BCUT2D eigenvalue weighted by Crippen LogP contribution is -2.28. The van der Waals surface area contributed by atoms with E-state index in [9.17, 15) is 8.42 Å². The van der Waals surface area contributed by atoms with Crippen molar-refractivity contribution in [1.29, 1.82) is 0 Å². The number of nitrogens with zero attached hydrogens (tertiary/aromatic N) is 3. The first kappa shape index (κ1) is 16.4. The zero-order valence-electron chi connectivity index (χ0n) is 13.1. The van der Waals surface area contributed by atoms with Gasteiger partial charge in [0.15, 0.2) is 20.7 Å². The van der Waals surface area contributed by atoms with Crippen LogP contribution < -0.4 is 5.32 Å². The summed E-state index contributed by atoms with van der Waals surface area (Å²) in [5.74, 6) is 1.17. The molecule has 1 N–H and O–H groups in total. The number of sulfone groups is 1. The van der Waals surface area contributed by atoms with Crippen molar-refractivity contribution in [1.82, 2.24) is 15.1 Å². The Kier molecular flexibility index (Phi) is 4.50. The molecule has 0 saturated heterocycles. The topological polar surface area (TPSA) is 98.0 Å². The van der Waals surface area contributed by atoms with Crippen molar-refractivity contribution in [2.24, 2.45) is 0 Å². The van der Waals surface area contributed by atoms with Crippen LogP contribution >= 0.6 is 0 Å². The largest absolute Gasteiger partial charge is 0.383 e. The van der Waals surface area contributed by atoms with Crippen LogP contribution in [0.3, 0.4) is 0 Å². The molecule has 2 rings (SSSR count). The Morgan fingerprint density at radius 1 is 1.27 bits per heavy atom. The number of aromatic nitrogens is 3. The van der Waals surface area contributed by atoms with Crippen LogP contribution in [-0.4, -0.2) is 34.8 Å². The maximum Gasteiger partial charge on any atom is 0.228 e. The minimum atomic E-state index is -3.43. The number of rotatable bonds is 5. The van der Waals surface area contributed by atoms with Crippen LogP contribution in [0.15, 0.2) is 27.9 Å². The molecular formula is C14H20N4O3S. The zero-order chi connectivity index (χ0) is 16.4. The van der Waals surface area contributed by atoms with Gasteiger partial charge in [-0.3, -0.25) is 0 Å². The molecule has 7 nitrogen and oxygen atoms in total. The number of aryl methyl sites for hydroxylation is 1. The molecule has 8 heteroatoms. The second-order valence-corrected chi connectivity index (χ2v) is 8.56. The van der Waals surface area contributed by atoms with E-state index in [0.717, 1.165) is 5.69 Å². The number of hydrogen-bond donors (Lipinski definition) is 1. The molecule has 2 aromatic heterocycles. The van der Waals surface area contributed by atoms with Crippen molar-refractivity contribution in [3.05, 3.63) is 30.0 Å². The lowest BCUT2D eigenvalue weighted by Gasteiger charge is -2.18. The van der Waals surface area contributed by atoms with Crippen molar-refractivity contribution in [3.63, 3.8) is 0 Å². The molecule has 0 aromatic carbocycles. The smallest absolute Gasteiger partial charge is 0.228 e. The standard InChI is InChI=1S/C14H20N4O3S/c1-10-17-12(21-18-10)7-8-15-11-5-6-13(16-9-11)22(19,20)14(2,3)4/h5-6,9,15H,7-8H2,1-4H3. The van der Waals surface area contributed by atoms with Gasteiger partial charge in [-0.05, 0) is 39.8 Å². The first-order valence-corrected chi connectivity index (χ1v) is 8.42. The lowest BCUT2D eigenvalue weighted by atomic mass is 10.3. The predicted molar refractivity (Wildman–Crippen MR) is 82.4 cm³/mol. The van der Waals surface area contributed by atoms with Gasteiger partial charge in [-0.25, -0.2) is 13.4 Å². The Morgan fingerprint density at radius 2 is 2.00 bits per heavy atom. The van der Waals surface area contributed by atoms with Crippen molar-refractivity contribution >= 4 is 15.5 Å². The number of pyridine rings is 1. The molecule has 0 aliphatic carbocycles. The monoisotopic (exact) mass is 324 g/mol. The Hall–Kier alpha value is -1.96. The molecule has 0 fully saturated rings. The van der Waals surface area contributed by atoms with Crippen molar-refractivity contribution in [2.45, 2.75) is 43.9 Å². The van der Waals surface area contributed by atoms with E-state index in [1.165, 1.54) is 12.3 Å². The predicted octanol–water partition coefficient (Wildman–Crippen LogP) is 2.00. The highest BCUT2D eigenvalue weighted by molar-refractivity contribution is 7.92. The van der Waals surface area contributed by atoms with Gasteiger partial charge >= 0.3 is 0 Å². The third kappa shape index (κ3) is 3.62. The zero-order valence-corrected chi connectivity index (χ0v) is 13.9. The first-order valence-electron chi connectivity index (χ1n) is 6.94. The maximum atomic E-state index is 12.3. The van der Waals surface area contributed by atoms with E-state index in [2.05, 4.69) is 20.4 Å². The maximum absolute atomic E-state index is 12.3. The van der Waals surface area contributed by atoms with Crippen LogP contribution in [0.25, 0.3) is 0 Å². The summed E-state index contributed by atoms with van der Waals surface area (Å²) in [5.41, 5.74) is 0.740. The molecule has 0 amide bonds. The molecule has 0 aliphatic heterocycles. The molecule has 120 valence electrons. The van der Waals surface area contributed by atoms with Gasteiger partial charge in [-0.15, -0.1) is 0 Å². The van der Waals surface area contributed by atoms with Crippen molar-refractivity contribution in [2.75, 3.05) is 11.9 Å². The SMILES string of the molecule is Cc1noc(CCNc2ccc(S(=O)(=O)C(C)(C)C)nc2)n1. The highest BCUT2D eigenvalue weighted by atomic mass is 32.2. The van der Waals surface area contributed by atoms with Gasteiger partial charge in [-0.1, -0.05) is 5.16 Å². The molecule has 2 heterocycles. The fraction of sp³-hybridized carbons (Fsp3) is 0.500. The first-order chi connectivity index (χ1) is 10.2.